The summed E-state index contributed by atoms with van der Waals surface area (Å²) in [6, 6.07) is 11.8. The SMILES string of the molecule is CCOc1ccc(NC(=O)c2ccccc2C)cc1S(=O)(=O)N(C)C. The summed E-state index contributed by atoms with van der Waals surface area (Å²) in [4.78, 5) is 12.5. The Morgan fingerprint density at radius 3 is 2.44 bits per heavy atom. The van der Waals surface area contributed by atoms with Crippen LogP contribution >= 0.6 is 0 Å². The molecule has 0 aliphatic carbocycles. The summed E-state index contributed by atoms with van der Waals surface area (Å²) in [5, 5.41) is 2.74. The van der Waals surface area contributed by atoms with E-state index in [0.29, 0.717) is 17.9 Å². The largest absolute Gasteiger partial charge is 0.492 e. The Kier molecular flexibility index (Phi) is 5.81. The van der Waals surface area contributed by atoms with Gasteiger partial charge in [-0.25, -0.2) is 12.7 Å². The standard InChI is InChI=1S/C18H22N2O4S/c1-5-24-16-11-10-14(12-17(16)25(22,23)20(3)4)19-18(21)15-9-7-6-8-13(15)2/h6-12H,5H2,1-4H3,(H,19,21). The maximum Gasteiger partial charge on any atom is 0.255 e. The van der Waals surface area contributed by atoms with Gasteiger partial charge in [0.1, 0.15) is 10.6 Å². The highest BCUT2D eigenvalue weighted by molar-refractivity contribution is 7.89. The molecule has 0 fully saturated rings. The van der Waals surface area contributed by atoms with Crippen molar-refractivity contribution in [3.05, 3.63) is 53.6 Å². The molecule has 6 nitrogen and oxygen atoms in total. The lowest BCUT2D eigenvalue weighted by Crippen LogP contribution is -2.23. The second kappa shape index (κ2) is 7.67. The van der Waals surface area contributed by atoms with Crippen LogP contribution in [0.4, 0.5) is 5.69 Å². The van der Waals surface area contributed by atoms with Gasteiger partial charge in [0.05, 0.1) is 6.61 Å². The number of aryl methyl sites for hydroxylation is 1. The first-order valence-electron chi connectivity index (χ1n) is 7.83. The number of nitrogens with one attached hydrogen (secondary N) is 1. The average Bonchev–Trinajstić information content (AvgIpc) is 2.56. The van der Waals surface area contributed by atoms with Crippen LogP contribution in [0.25, 0.3) is 0 Å². The molecule has 0 aliphatic heterocycles. The zero-order valence-corrected chi connectivity index (χ0v) is 15.6. The number of rotatable bonds is 6. The molecule has 0 aromatic heterocycles. The zero-order valence-electron chi connectivity index (χ0n) is 14.7. The van der Waals surface area contributed by atoms with E-state index in [4.69, 9.17) is 4.74 Å². The first kappa shape index (κ1) is 19.0. The summed E-state index contributed by atoms with van der Waals surface area (Å²) >= 11 is 0. The van der Waals surface area contributed by atoms with Crippen LogP contribution in [0.3, 0.4) is 0 Å². The molecule has 1 amide bonds. The molecular weight excluding hydrogens is 340 g/mol. The summed E-state index contributed by atoms with van der Waals surface area (Å²) in [7, 11) is -0.808. The fourth-order valence-corrected chi connectivity index (χ4v) is 3.34. The van der Waals surface area contributed by atoms with Crippen molar-refractivity contribution < 1.29 is 17.9 Å². The van der Waals surface area contributed by atoms with Crippen LogP contribution in [-0.2, 0) is 10.0 Å². The van der Waals surface area contributed by atoms with Gasteiger partial charge in [0.25, 0.3) is 5.91 Å². The monoisotopic (exact) mass is 362 g/mol. The average molecular weight is 362 g/mol. The second-order valence-corrected chi connectivity index (χ2v) is 7.77. The number of hydrogen-bond donors (Lipinski definition) is 1. The van der Waals surface area contributed by atoms with E-state index in [-0.39, 0.29) is 16.6 Å². The minimum Gasteiger partial charge on any atom is -0.492 e. The second-order valence-electron chi connectivity index (χ2n) is 5.65. The maximum atomic E-state index is 12.5. The van der Waals surface area contributed by atoms with E-state index < -0.39 is 10.0 Å². The molecule has 2 aromatic carbocycles. The van der Waals surface area contributed by atoms with Crippen molar-refractivity contribution in [2.75, 3.05) is 26.0 Å². The summed E-state index contributed by atoms with van der Waals surface area (Å²) in [6.07, 6.45) is 0. The summed E-state index contributed by atoms with van der Waals surface area (Å²) in [6.45, 7) is 3.96. The number of carbonyl (C=O) groups is 1. The van der Waals surface area contributed by atoms with Crippen molar-refractivity contribution in [3.63, 3.8) is 0 Å². The van der Waals surface area contributed by atoms with E-state index in [9.17, 15) is 13.2 Å². The molecule has 0 heterocycles. The third-order valence-electron chi connectivity index (χ3n) is 3.65. The molecule has 0 aliphatic rings. The van der Waals surface area contributed by atoms with Crippen LogP contribution in [0.5, 0.6) is 5.75 Å². The first-order chi connectivity index (χ1) is 11.8. The highest BCUT2D eigenvalue weighted by atomic mass is 32.2. The molecule has 2 aromatic rings. The highest BCUT2D eigenvalue weighted by Crippen LogP contribution is 2.29. The van der Waals surface area contributed by atoms with E-state index in [1.165, 1.54) is 20.2 Å². The highest BCUT2D eigenvalue weighted by Gasteiger charge is 2.23. The van der Waals surface area contributed by atoms with Crippen LogP contribution in [0.2, 0.25) is 0 Å². The van der Waals surface area contributed by atoms with Gasteiger partial charge < -0.3 is 10.1 Å². The minimum atomic E-state index is -3.70. The van der Waals surface area contributed by atoms with Crippen LogP contribution in [0, 0.1) is 6.92 Å². The number of sulfonamides is 1. The van der Waals surface area contributed by atoms with Crippen LogP contribution in [0.15, 0.2) is 47.4 Å². The molecule has 0 saturated carbocycles. The maximum absolute atomic E-state index is 12.5. The molecule has 0 saturated heterocycles. The summed E-state index contributed by atoms with van der Waals surface area (Å²) in [5.74, 6) is -0.0412. The van der Waals surface area contributed by atoms with E-state index in [0.717, 1.165) is 9.87 Å². The smallest absolute Gasteiger partial charge is 0.255 e. The van der Waals surface area contributed by atoms with E-state index in [1.807, 2.05) is 19.1 Å². The summed E-state index contributed by atoms with van der Waals surface area (Å²) < 4.78 is 31.6. The molecule has 7 heteroatoms. The number of ether oxygens (including phenoxy) is 1. The Morgan fingerprint density at radius 2 is 1.84 bits per heavy atom. The molecule has 134 valence electrons. The van der Waals surface area contributed by atoms with Crippen molar-refractivity contribution in [3.8, 4) is 5.75 Å². The normalized spacial score (nSPS) is 11.4. The molecule has 1 N–H and O–H groups in total. The fraction of sp³-hybridized carbons (Fsp3) is 0.278. The number of nitrogens with zero attached hydrogens (tertiary/aromatic N) is 1. The quantitative estimate of drug-likeness (QED) is 0.857. The minimum absolute atomic E-state index is 0.0157. The predicted molar refractivity (Wildman–Crippen MR) is 97.6 cm³/mol. The van der Waals surface area contributed by atoms with E-state index in [1.54, 1.807) is 31.2 Å². The van der Waals surface area contributed by atoms with Crippen molar-refractivity contribution in [1.29, 1.82) is 0 Å². The first-order valence-corrected chi connectivity index (χ1v) is 9.27. The number of benzene rings is 2. The summed E-state index contributed by atoms with van der Waals surface area (Å²) in [5.41, 5.74) is 1.76. The Balaban J connectivity index is 2.40. The lowest BCUT2D eigenvalue weighted by molar-refractivity contribution is 0.102. The number of hydrogen-bond acceptors (Lipinski definition) is 4. The number of anilines is 1. The molecule has 0 unspecified atom stereocenters. The lowest BCUT2D eigenvalue weighted by Gasteiger charge is -2.17. The number of carbonyl (C=O) groups excluding carboxylic acids is 1. The van der Waals surface area contributed by atoms with E-state index >= 15 is 0 Å². The molecule has 0 atom stereocenters. The van der Waals surface area contributed by atoms with Gasteiger partial charge in [0.15, 0.2) is 0 Å². The van der Waals surface area contributed by atoms with Crippen molar-refractivity contribution in [2.24, 2.45) is 0 Å². The van der Waals surface area contributed by atoms with Crippen molar-refractivity contribution in [2.45, 2.75) is 18.7 Å². The predicted octanol–water partition coefficient (Wildman–Crippen LogP) is 2.90. The van der Waals surface area contributed by atoms with Gasteiger partial charge in [-0.15, -0.1) is 0 Å². The Labute approximate surface area is 148 Å². The molecule has 25 heavy (non-hydrogen) atoms. The van der Waals surface area contributed by atoms with Crippen LogP contribution in [-0.4, -0.2) is 39.3 Å². The van der Waals surface area contributed by atoms with Gasteiger partial charge in [0, 0.05) is 25.3 Å². The van der Waals surface area contributed by atoms with Gasteiger partial charge in [-0.1, -0.05) is 18.2 Å². The molecule has 2 rings (SSSR count). The third-order valence-corrected chi connectivity index (χ3v) is 5.49. The van der Waals surface area contributed by atoms with Gasteiger partial charge in [-0.2, -0.15) is 0 Å². The topological polar surface area (TPSA) is 75.7 Å². The van der Waals surface area contributed by atoms with Crippen LogP contribution in [0.1, 0.15) is 22.8 Å². The fourth-order valence-electron chi connectivity index (χ4n) is 2.28. The van der Waals surface area contributed by atoms with Gasteiger partial charge in [0.2, 0.25) is 10.0 Å². The molecule has 0 spiro atoms. The van der Waals surface area contributed by atoms with E-state index in [2.05, 4.69) is 5.32 Å². The van der Waals surface area contributed by atoms with Gasteiger partial charge >= 0.3 is 0 Å². The zero-order chi connectivity index (χ0) is 18.6. The number of amides is 1. The van der Waals surface area contributed by atoms with Gasteiger partial charge in [-0.3, -0.25) is 4.79 Å². The van der Waals surface area contributed by atoms with Crippen LogP contribution < -0.4 is 10.1 Å². The Hall–Kier alpha value is -2.38. The molecule has 0 bridgehead atoms. The third kappa shape index (κ3) is 4.18. The van der Waals surface area contributed by atoms with Gasteiger partial charge in [-0.05, 0) is 43.7 Å². The van der Waals surface area contributed by atoms with Crippen molar-refractivity contribution in [1.82, 2.24) is 4.31 Å². The Morgan fingerprint density at radius 1 is 1.16 bits per heavy atom. The lowest BCUT2D eigenvalue weighted by atomic mass is 10.1. The molecular formula is C18H22N2O4S. The van der Waals surface area contributed by atoms with Crippen molar-refractivity contribution >= 4 is 21.6 Å². The molecule has 0 radical (unpaired) electrons. The Bertz CT molecular complexity index is 876.